The van der Waals surface area contributed by atoms with Crippen molar-refractivity contribution < 1.29 is 5.11 Å². The summed E-state index contributed by atoms with van der Waals surface area (Å²) in [5.41, 5.74) is 0. The van der Waals surface area contributed by atoms with Crippen LogP contribution in [0.3, 0.4) is 0 Å². The van der Waals surface area contributed by atoms with Gasteiger partial charge in [0, 0.05) is 5.75 Å². The third kappa shape index (κ3) is 8.31. The van der Waals surface area contributed by atoms with Crippen molar-refractivity contribution in [1.82, 2.24) is 0 Å². The third-order valence-corrected chi connectivity index (χ3v) is 2.33. The Hall–Kier alpha value is 0.310. The van der Waals surface area contributed by atoms with Crippen LogP contribution < -0.4 is 0 Å². The topological polar surface area (TPSA) is 19.9 Å². The predicted molar refractivity (Wildman–Crippen MR) is 47.0 cm³/mol. The zero-order valence-electron chi connectivity index (χ0n) is 6.93. The second-order valence-corrected chi connectivity index (χ2v) is 4.08. The highest BCUT2D eigenvalue weighted by molar-refractivity contribution is 7.99. The monoisotopic (exact) mass is 161 g/mol. The molecule has 0 atom stereocenters. The van der Waals surface area contributed by atoms with E-state index in [2.05, 4.69) is 13.8 Å². The Morgan fingerprint density at radius 1 is 1.30 bits per heavy atom. The summed E-state index contributed by atoms with van der Waals surface area (Å²) >= 11 is 1.78. The maximum atomic E-state index is 10.0. The fraction of sp³-hybridized carbons (Fsp3) is 1.00. The Morgan fingerprint density at radius 3 is 2.50 bits per heavy atom. The van der Waals surface area contributed by atoms with Gasteiger partial charge < -0.3 is 0 Å². The smallest absolute Gasteiger partial charge is 0.0912 e. The molecule has 0 fully saturated rings. The van der Waals surface area contributed by atoms with Crippen LogP contribution in [0.15, 0.2) is 0 Å². The number of thioether (sulfide) groups is 1. The summed E-state index contributed by atoms with van der Waals surface area (Å²) in [6.45, 7) is 4.54. The van der Waals surface area contributed by atoms with Crippen LogP contribution >= 0.6 is 11.8 Å². The molecule has 0 heterocycles. The van der Waals surface area contributed by atoms with E-state index in [4.69, 9.17) is 0 Å². The van der Waals surface area contributed by atoms with Gasteiger partial charge in [-0.05, 0) is 18.1 Å². The largest absolute Gasteiger partial charge is 0.236 e. The molecule has 61 valence electrons. The lowest BCUT2D eigenvalue weighted by atomic mass is 10.1. The van der Waals surface area contributed by atoms with E-state index in [-0.39, 0.29) is 6.61 Å². The summed E-state index contributed by atoms with van der Waals surface area (Å²) < 4.78 is 0. The quantitative estimate of drug-likeness (QED) is 0.548. The van der Waals surface area contributed by atoms with Crippen molar-refractivity contribution in [3.63, 3.8) is 0 Å². The van der Waals surface area contributed by atoms with E-state index < -0.39 is 0 Å². The Morgan fingerprint density at radius 2 is 2.00 bits per heavy atom. The second-order valence-electron chi connectivity index (χ2n) is 2.85. The highest BCUT2D eigenvalue weighted by atomic mass is 32.2. The van der Waals surface area contributed by atoms with E-state index in [0.717, 1.165) is 11.7 Å². The first-order chi connectivity index (χ1) is 4.77. The molecule has 0 unspecified atom stereocenters. The van der Waals surface area contributed by atoms with Gasteiger partial charge in [0.1, 0.15) is 0 Å². The highest BCUT2D eigenvalue weighted by Crippen LogP contribution is 2.08. The minimum atomic E-state index is 0.0757. The molecule has 1 radical (unpaired) electrons. The maximum Gasteiger partial charge on any atom is 0.0912 e. The lowest BCUT2D eigenvalue weighted by molar-refractivity contribution is 0.215. The van der Waals surface area contributed by atoms with Gasteiger partial charge in [-0.25, -0.2) is 5.11 Å². The molecular formula is C8H17OS. The second kappa shape index (κ2) is 7.42. The minimum Gasteiger partial charge on any atom is -0.236 e. The maximum absolute atomic E-state index is 10.0. The highest BCUT2D eigenvalue weighted by Gasteiger charge is 1.93. The average Bonchev–Trinajstić information content (AvgIpc) is 1.87. The first-order valence-electron chi connectivity index (χ1n) is 3.93. The van der Waals surface area contributed by atoms with Crippen molar-refractivity contribution in [2.45, 2.75) is 26.7 Å². The molecule has 0 rings (SSSR count). The Balaban J connectivity index is 2.77. The molecule has 0 aromatic carbocycles. The van der Waals surface area contributed by atoms with Gasteiger partial charge in [-0.3, -0.25) is 0 Å². The normalized spacial score (nSPS) is 10.8. The van der Waals surface area contributed by atoms with Crippen molar-refractivity contribution in [2.24, 2.45) is 5.92 Å². The third-order valence-electron chi connectivity index (χ3n) is 1.30. The molecule has 0 aromatic heterocycles. The molecule has 0 aliphatic heterocycles. The number of hydrogen-bond donors (Lipinski definition) is 0. The van der Waals surface area contributed by atoms with Gasteiger partial charge in [0.15, 0.2) is 0 Å². The van der Waals surface area contributed by atoms with Crippen LogP contribution in [0.2, 0.25) is 0 Å². The van der Waals surface area contributed by atoms with Crippen LogP contribution in [0.1, 0.15) is 26.7 Å². The van der Waals surface area contributed by atoms with Crippen LogP contribution in [0, 0.1) is 5.92 Å². The van der Waals surface area contributed by atoms with Crippen molar-refractivity contribution in [3.8, 4) is 0 Å². The van der Waals surface area contributed by atoms with Gasteiger partial charge in [0.2, 0.25) is 0 Å². The summed E-state index contributed by atoms with van der Waals surface area (Å²) in [4.78, 5) is 0. The molecule has 0 saturated heterocycles. The zero-order chi connectivity index (χ0) is 7.82. The fourth-order valence-corrected chi connectivity index (χ4v) is 1.45. The first-order valence-corrected chi connectivity index (χ1v) is 5.08. The molecule has 0 N–H and O–H groups in total. The number of hydrogen-bond acceptors (Lipinski definition) is 1. The van der Waals surface area contributed by atoms with Crippen LogP contribution in [-0.2, 0) is 5.11 Å². The lowest BCUT2D eigenvalue weighted by Crippen LogP contribution is -1.91. The first kappa shape index (κ1) is 10.3. The molecule has 0 amide bonds. The molecule has 1 nitrogen and oxygen atoms in total. The Labute approximate surface area is 68.2 Å². The standard InChI is InChI=1S/C8H17OS/c1-8(2)4-3-6-10-7-5-9/h8H,3-7H2,1-2H3. The molecule has 2 heteroatoms. The molecular weight excluding hydrogens is 144 g/mol. The van der Waals surface area contributed by atoms with Crippen molar-refractivity contribution in [2.75, 3.05) is 18.1 Å². The summed E-state index contributed by atoms with van der Waals surface area (Å²) in [7, 11) is 0. The summed E-state index contributed by atoms with van der Waals surface area (Å²) in [5.74, 6) is 2.77. The predicted octanol–water partition coefficient (Wildman–Crippen LogP) is 2.59. The summed E-state index contributed by atoms with van der Waals surface area (Å²) in [6, 6.07) is 0. The summed E-state index contributed by atoms with van der Waals surface area (Å²) in [5, 5.41) is 10.0. The van der Waals surface area contributed by atoms with Gasteiger partial charge >= 0.3 is 0 Å². The minimum absolute atomic E-state index is 0.0757. The zero-order valence-corrected chi connectivity index (χ0v) is 7.75. The van der Waals surface area contributed by atoms with Crippen molar-refractivity contribution in [3.05, 3.63) is 0 Å². The van der Waals surface area contributed by atoms with Crippen LogP contribution in [0.5, 0.6) is 0 Å². The van der Waals surface area contributed by atoms with Crippen LogP contribution in [0.25, 0.3) is 0 Å². The number of rotatable bonds is 6. The SMILES string of the molecule is CC(C)CCCSCC[O]. The van der Waals surface area contributed by atoms with E-state index in [0.29, 0.717) is 0 Å². The van der Waals surface area contributed by atoms with Gasteiger partial charge in [0.05, 0.1) is 6.61 Å². The van der Waals surface area contributed by atoms with Gasteiger partial charge in [-0.1, -0.05) is 20.3 Å². The van der Waals surface area contributed by atoms with E-state index in [9.17, 15) is 5.11 Å². The van der Waals surface area contributed by atoms with Gasteiger partial charge in [-0.15, -0.1) is 0 Å². The average molecular weight is 161 g/mol. The van der Waals surface area contributed by atoms with E-state index >= 15 is 0 Å². The van der Waals surface area contributed by atoms with E-state index in [1.807, 2.05) is 0 Å². The molecule has 0 bridgehead atoms. The van der Waals surface area contributed by atoms with Gasteiger partial charge in [0.25, 0.3) is 0 Å². The van der Waals surface area contributed by atoms with Gasteiger partial charge in [-0.2, -0.15) is 11.8 Å². The molecule has 10 heavy (non-hydrogen) atoms. The molecule has 0 saturated carbocycles. The van der Waals surface area contributed by atoms with Crippen molar-refractivity contribution >= 4 is 11.8 Å². The molecule has 0 aliphatic rings. The molecule has 0 aliphatic carbocycles. The fourth-order valence-electron chi connectivity index (χ4n) is 0.755. The summed E-state index contributed by atoms with van der Waals surface area (Å²) in [6.07, 6.45) is 2.56. The molecule has 0 aromatic rings. The Kier molecular flexibility index (Phi) is 7.65. The Bertz CT molecular complexity index is 64.3. The van der Waals surface area contributed by atoms with Crippen molar-refractivity contribution in [1.29, 1.82) is 0 Å². The van der Waals surface area contributed by atoms with E-state index in [1.165, 1.54) is 18.6 Å². The van der Waals surface area contributed by atoms with Crippen LogP contribution in [-0.4, -0.2) is 18.1 Å². The lowest BCUT2D eigenvalue weighted by Gasteiger charge is -2.02. The molecule has 0 spiro atoms. The van der Waals surface area contributed by atoms with Crippen LogP contribution in [0.4, 0.5) is 0 Å². The van der Waals surface area contributed by atoms with E-state index in [1.54, 1.807) is 11.8 Å².